The molecule has 1 unspecified atom stereocenters. The van der Waals surface area contributed by atoms with Crippen LogP contribution >= 0.6 is 35.0 Å². The number of nitrogen functional groups attached to an aromatic ring is 1. The van der Waals surface area contributed by atoms with Gasteiger partial charge in [-0.15, -0.1) is 0 Å². The quantitative estimate of drug-likeness (QED) is 0.649. The number of halogens is 2. The summed E-state index contributed by atoms with van der Waals surface area (Å²) >= 11 is 13.1. The van der Waals surface area contributed by atoms with Gasteiger partial charge < -0.3 is 11.1 Å². The van der Waals surface area contributed by atoms with E-state index >= 15 is 0 Å². The lowest BCUT2D eigenvalue weighted by Crippen LogP contribution is -2.22. The van der Waals surface area contributed by atoms with Crippen LogP contribution in [0.2, 0.25) is 10.0 Å². The van der Waals surface area contributed by atoms with E-state index in [0.29, 0.717) is 21.4 Å². The Morgan fingerprint density at radius 3 is 2.71 bits per heavy atom. The van der Waals surface area contributed by atoms with Gasteiger partial charge in [-0.1, -0.05) is 35.0 Å². The van der Waals surface area contributed by atoms with Crippen molar-refractivity contribution in [2.45, 2.75) is 17.2 Å². The molecule has 1 amide bonds. The third kappa shape index (κ3) is 4.52. The van der Waals surface area contributed by atoms with E-state index in [2.05, 4.69) is 10.3 Å². The summed E-state index contributed by atoms with van der Waals surface area (Å²) in [6.45, 7) is 1.79. The van der Waals surface area contributed by atoms with E-state index in [0.717, 1.165) is 5.03 Å². The highest BCUT2D eigenvalue weighted by Crippen LogP contribution is 2.27. The van der Waals surface area contributed by atoms with Crippen molar-refractivity contribution in [3.8, 4) is 0 Å². The van der Waals surface area contributed by atoms with Crippen LogP contribution in [0.4, 0.5) is 11.4 Å². The number of amides is 1. The number of nitrogens with two attached hydrogens (primary N) is 1. The van der Waals surface area contributed by atoms with Crippen molar-refractivity contribution in [1.82, 2.24) is 4.98 Å². The zero-order chi connectivity index (χ0) is 15.4. The number of anilines is 2. The number of nitrogens with zero attached hydrogens (tertiary/aromatic N) is 1. The molecule has 0 aliphatic rings. The number of pyridine rings is 1. The normalized spacial score (nSPS) is 12.0. The second kappa shape index (κ2) is 7.02. The second-order valence-corrected chi connectivity index (χ2v) is 6.51. The SMILES string of the molecule is CC(Sc1ccc(Cl)cn1)C(=O)Nc1ccc(N)cc1Cl. The molecule has 0 spiro atoms. The largest absolute Gasteiger partial charge is 0.399 e. The average Bonchev–Trinajstić information content (AvgIpc) is 2.44. The zero-order valence-electron chi connectivity index (χ0n) is 11.1. The van der Waals surface area contributed by atoms with Crippen molar-refractivity contribution in [1.29, 1.82) is 0 Å². The minimum atomic E-state index is -0.327. The van der Waals surface area contributed by atoms with Crippen LogP contribution in [0.15, 0.2) is 41.6 Å². The summed E-state index contributed by atoms with van der Waals surface area (Å²) in [6, 6.07) is 8.45. The topological polar surface area (TPSA) is 68.0 Å². The van der Waals surface area contributed by atoms with Crippen LogP contribution in [0.3, 0.4) is 0 Å². The maximum atomic E-state index is 12.1. The Morgan fingerprint density at radius 1 is 1.33 bits per heavy atom. The first-order chi connectivity index (χ1) is 9.95. The van der Waals surface area contributed by atoms with Crippen LogP contribution in [-0.2, 0) is 4.79 Å². The Morgan fingerprint density at radius 2 is 2.10 bits per heavy atom. The number of carbonyl (C=O) groups is 1. The maximum Gasteiger partial charge on any atom is 0.237 e. The summed E-state index contributed by atoms with van der Waals surface area (Å²) in [5.41, 5.74) is 6.69. The van der Waals surface area contributed by atoms with Crippen molar-refractivity contribution in [3.63, 3.8) is 0 Å². The first kappa shape index (κ1) is 15.9. The number of hydrogen-bond acceptors (Lipinski definition) is 4. The number of nitrogens with one attached hydrogen (secondary N) is 1. The van der Waals surface area contributed by atoms with Gasteiger partial charge in [0, 0.05) is 11.9 Å². The van der Waals surface area contributed by atoms with E-state index in [-0.39, 0.29) is 11.2 Å². The van der Waals surface area contributed by atoms with Crippen LogP contribution in [-0.4, -0.2) is 16.1 Å². The smallest absolute Gasteiger partial charge is 0.237 e. The summed E-state index contributed by atoms with van der Waals surface area (Å²) in [7, 11) is 0. The standard InChI is InChI=1S/C14H13Cl2N3OS/c1-8(21-13-5-2-9(15)7-18-13)14(20)19-12-4-3-10(17)6-11(12)16/h2-8H,17H2,1H3,(H,19,20). The molecule has 2 rings (SSSR count). The van der Waals surface area contributed by atoms with Crippen LogP contribution in [0.5, 0.6) is 0 Å². The van der Waals surface area contributed by atoms with Crippen LogP contribution in [0.25, 0.3) is 0 Å². The molecule has 3 N–H and O–H groups in total. The van der Waals surface area contributed by atoms with Gasteiger partial charge in [-0.25, -0.2) is 4.98 Å². The molecule has 4 nitrogen and oxygen atoms in total. The monoisotopic (exact) mass is 341 g/mol. The maximum absolute atomic E-state index is 12.1. The molecule has 21 heavy (non-hydrogen) atoms. The van der Waals surface area contributed by atoms with Crippen molar-refractivity contribution in [2.75, 3.05) is 11.1 Å². The van der Waals surface area contributed by atoms with Crippen molar-refractivity contribution < 1.29 is 4.79 Å². The van der Waals surface area contributed by atoms with Crippen molar-refractivity contribution >= 4 is 52.2 Å². The van der Waals surface area contributed by atoms with Gasteiger partial charge in [0.2, 0.25) is 5.91 Å². The van der Waals surface area contributed by atoms with E-state index in [1.54, 1.807) is 43.5 Å². The molecule has 1 heterocycles. The number of aromatic nitrogens is 1. The van der Waals surface area contributed by atoms with Gasteiger partial charge in [-0.2, -0.15) is 0 Å². The summed E-state index contributed by atoms with van der Waals surface area (Å²) < 4.78 is 0. The first-order valence-corrected chi connectivity index (χ1v) is 7.73. The summed E-state index contributed by atoms with van der Waals surface area (Å²) in [4.78, 5) is 16.3. The number of benzene rings is 1. The minimum Gasteiger partial charge on any atom is -0.399 e. The fourth-order valence-corrected chi connectivity index (χ4v) is 2.67. The van der Waals surface area contributed by atoms with Crippen molar-refractivity contribution in [3.05, 3.63) is 46.6 Å². The van der Waals surface area contributed by atoms with E-state index in [1.165, 1.54) is 11.8 Å². The molecule has 0 radical (unpaired) electrons. The van der Waals surface area contributed by atoms with Gasteiger partial charge in [-0.05, 0) is 37.3 Å². The summed E-state index contributed by atoms with van der Waals surface area (Å²) in [5.74, 6) is -0.163. The molecule has 0 fully saturated rings. The minimum absolute atomic E-state index is 0.163. The van der Waals surface area contributed by atoms with Gasteiger partial charge in [0.1, 0.15) is 0 Å². The lowest BCUT2D eigenvalue weighted by Gasteiger charge is -2.12. The Bertz CT molecular complexity index is 649. The lowest BCUT2D eigenvalue weighted by molar-refractivity contribution is -0.115. The molecule has 7 heteroatoms. The molecule has 1 atom stereocenters. The highest BCUT2D eigenvalue weighted by Gasteiger charge is 2.16. The molecule has 0 saturated carbocycles. The molecule has 2 aromatic rings. The average molecular weight is 342 g/mol. The van der Waals surface area contributed by atoms with Gasteiger partial charge in [0.15, 0.2) is 0 Å². The Kier molecular flexibility index (Phi) is 5.33. The van der Waals surface area contributed by atoms with Gasteiger partial charge in [-0.3, -0.25) is 4.79 Å². The van der Waals surface area contributed by atoms with Gasteiger partial charge in [0.25, 0.3) is 0 Å². The molecule has 0 aliphatic heterocycles. The van der Waals surface area contributed by atoms with E-state index in [1.807, 2.05) is 0 Å². The fourth-order valence-electron chi connectivity index (χ4n) is 1.53. The predicted molar refractivity (Wildman–Crippen MR) is 89.1 cm³/mol. The summed E-state index contributed by atoms with van der Waals surface area (Å²) in [5, 5.41) is 4.14. The van der Waals surface area contributed by atoms with Crippen LogP contribution < -0.4 is 11.1 Å². The third-order valence-electron chi connectivity index (χ3n) is 2.62. The molecule has 1 aromatic carbocycles. The van der Waals surface area contributed by atoms with Crippen LogP contribution in [0, 0.1) is 0 Å². The Hall–Kier alpha value is -1.43. The Labute approximate surface area is 137 Å². The van der Waals surface area contributed by atoms with E-state index < -0.39 is 0 Å². The number of hydrogen-bond donors (Lipinski definition) is 2. The van der Waals surface area contributed by atoms with Gasteiger partial charge in [0.05, 0.1) is 26.0 Å². The van der Waals surface area contributed by atoms with Gasteiger partial charge >= 0.3 is 0 Å². The summed E-state index contributed by atoms with van der Waals surface area (Å²) in [6.07, 6.45) is 1.55. The molecule has 0 saturated heterocycles. The van der Waals surface area contributed by atoms with E-state index in [4.69, 9.17) is 28.9 Å². The number of rotatable bonds is 4. The number of thioether (sulfide) groups is 1. The first-order valence-electron chi connectivity index (χ1n) is 6.10. The van der Waals surface area contributed by atoms with Crippen molar-refractivity contribution in [2.24, 2.45) is 0 Å². The van der Waals surface area contributed by atoms with E-state index in [9.17, 15) is 4.79 Å². The number of carbonyl (C=O) groups excluding carboxylic acids is 1. The lowest BCUT2D eigenvalue weighted by atomic mass is 10.2. The third-order valence-corrected chi connectivity index (χ3v) is 4.20. The van der Waals surface area contributed by atoms with Crippen LogP contribution in [0.1, 0.15) is 6.92 Å². The molecule has 0 bridgehead atoms. The fraction of sp³-hybridized carbons (Fsp3) is 0.143. The molecular weight excluding hydrogens is 329 g/mol. The molecular formula is C14H13Cl2N3OS. The molecule has 110 valence electrons. The Balaban J connectivity index is 2.00. The second-order valence-electron chi connectivity index (χ2n) is 4.30. The highest BCUT2D eigenvalue weighted by atomic mass is 35.5. The molecule has 1 aromatic heterocycles. The molecule has 0 aliphatic carbocycles. The zero-order valence-corrected chi connectivity index (χ0v) is 13.5. The predicted octanol–water partition coefficient (Wildman–Crippen LogP) is 4.09. The highest BCUT2D eigenvalue weighted by molar-refractivity contribution is 8.00.